The van der Waals surface area contributed by atoms with Crippen LogP contribution in [0.1, 0.15) is 18.7 Å². The highest BCUT2D eigenvalue weighted by atomic mass is 32.1. The number of benzene rings is 1. The summed E-state index contributed by atoms with van der Waals surface area (Å²) in [6.45, 7) is 4.69. The van der Waals surface area contributed by atoms with Crippen molar-refractivity contribution in [2.45, 2.75) is 32.5 Å². The smallest absolute Gasteiger partial charge is 0.256 e. The van der Waals surface area contributed by atoms with E-state index in [0.717, 1.165) is 16.7 Å². The van der Waals surface area contributed by atoms with E-state index in [1.54, 1.807) is 27.1 Å². The lowest BCUT2D eigenvalue weighted by molar-refractivity contribution is -0.129. The van der Waals surface area contributed by atoms with Crippen LogP contribution in [0.2, 0.25) is 0 Å². The zero-order valence-corrected chi connectivity index (χ0v) is 25.2. The quantitative estimate of drug-likeness (QED) is 0.163. The first-order valence-corrected chi connectivity index (χ1v) is 15.1. The number of fused-ring (bicyclic) bond motifs is 2. The zero-order chi connectivity index (χ0) is 32.7. The Morgan fingerprint density at radius 1 is 1.17 bits per heavy atom. The molecule has 4 aromatic heterocycles. The summed E-state index contributed by atoms with van der Waals surface area (Å²) < 4.78 is 65.7. The van der Waals surface area contributed by atoms with Gasteiger partial charge in [0.2, 0.25) is 5.91 Å². The monoisotopic (exact) mass is 653 g/mol. The van der Waals surface area contributed by atoms with E-state index in [2.05, 4.69) is 6.58 Å². The van der Waals surface area contributed by atoms with Crippen molar-refractivity contribution in [2.75, 3.05) is 19.8 Å². The highest BCUT2D eigenvalue weighted by Gasteiger charge is 2.31. The molecule has 0 aliphatic carbocycles. The van der Waals surface area contributed by atoms with Crippen LogP contribution in [0.3, 0.4) is 0 Å². The van der Waals surface area contributed by atoms with Crippen molar-refractivity contribution in [1.82, 2.24) is 24.2 Å². The molecule has 1 unspecified atom stereocenters. The van der Waals surface area contributed by atoms with Crippen molar-refractivity contribution in [3.05, 3.63) is 88.3 Å². The van der Waals surface area contributed by atoms with E-state index in [4.69, 9.17) is 14.8 Å². The van der Waals surface area contributed by atoms with Crippen LogP contribution in [0.25, 0.3) is 43.9 Å². The molecule has 46 heavy (non-hydrogen) atoms. The molecule has 1 aromatic carbocycles. The number of nitrogens with zero attached hydrogens (tertiary/aromatic N) is 5. The molecule has 0 bridgehead atoms. The van der Waals surface area contributed by atoms with E-state index in [0.29, 0.717) is 45.8 Å². The number of ether oxygens (including phenoxy) is 1. The first-order chi connectivity index (χ1) is 22.1. The topological polar surface area (TPSA) is 102 Å². The maximum Gasteiger partial charge on any atom is 0.256 e. The zero-order valence-electron chi connectivity index (χ0n) is 24.4. The molecule has 1 amide bonds. The van der Waals surface area contributed by atoms with Gasteiger partial charge in [-0.25, -0.2) is 22.5 Å². The Hall–Kier alpha value is -4.82. The summed E-state index contributed by atoms with van der Waals surface area (Å²) in [5, 5.41) is 16.4. The maximum absolute atomic E-state index is 15.9. The minimum Gasteiger partial charge on any atom is -0.490 e. The van der Waals surface area contributed by atoms with E-state index in [1.807, 2.05) is 6.92 Å². The Labute approximate surface area is 263 Å². The molecular formula is C32H27F4N5O4S. The second-order valence-electron chi connectivity index (χ2n) is 10.6. The number of aliphatic hydroxyl groups excluding tert-OH is 1. The molecule has 5 heterocycles. The van der Waals surface area contributed by atoms with Gasteiger partial charge in [-0.05, 0) is 36.6 Å². The third-order valence-corrected chi connectivity index (χ3v) is 8.71. The van der Waals surface area contributed by atoms with Crippen molar-refractivity contribution < 1.29 is 32.2 Å². The van der Waals surface area contributed by atoms with Crippen LogP contribution in [-0.2, 0) is 17.9 Å². The third kappa shape index (κ3) is 5.58. The molecule has 6 rings (SSSR count). The molecule has 238 valence electrons. The van der Waals surface area contributed by atoms with E-state index < -0.39 is 42.8 Å². The number of thiophene rings is 1. The number of hydrogen-bond acceptors (Lipinski definition) is 7. The lowest BCUT2D eigenvalue weighted by Crippen LogP contribution is -2.40. The standard InChI is InChI=1S/C32H27F4N5O4S/c1-3-26(43)40-7-8-41-23(17(40)2)14-22(38-41)31-29(28-21(34)12-19(33)13-24(28)45-10-9-42)32-20(6-11-46-32)30(37-31)18-4-5-27(44)39(15-18)16-25(35)36/h3-6,11-15,17,25,42H,1,7-10,16H2,2H3. The lowest BCUT2D eigenvalue weighted by Gasteiger charge is -2.33. The molecule has 0 saturated carbocycles. The van der Waals surface area contributed by atoms with E-state index >= 15 is 4.39 Å². The minimum atomic E-state index is -2.77. The van der Waals surface area contributed by atoms with Gasteiger partial charge in [0.15, 0.2) is 0 Å². The molecule has 0 spiro atoms. The maximum atomic E-state index is 15.9. The Bertz CT molecular complexity index is 2040. The van der Waals surface area contributed by atoms with Gasteiger partial charge in [-0.2, -0.15) is 5.10 Å². The predicted octanol–water partition coefficient (Wildman–Crippen LogP) is 5.66. The molecule has 1 N–H and O–H groups in total. The second kappa shape index (κ2) is 12.5. The van der Waals surface area contributed by atoms with Crippen LogP contribution >= 0.6 is 11.3 Å². The van der Waals surface area contributed by atoms with Gasteiger partial charge in [0.25, 0.3) is 12.0 Å². The van der Waals surface area contributed by atoms with Crippen LogP contribution in [0.15, 0.2) is 65.4 Å². The molecule has 1 atom stereocenters. The molecule has 9 nitrogen and oxygen atoms in total. The van der Waals surface area contributed by atoms with Gasteiger partial charge in [-0.3, -0.25) is 14.3 Å². The van der Waals surface area contributed by atoms with Crippen molar-refractivity contribution in [3.63, 3.8) is 0 Å². The molecule has 5 aromatic rings. The number of halogens is 4. The highest BCUT2D eigenvalue weighted by molar-refractivity contribution is 7.18. The molecule has 0 saturated heterocycles. The van der Waals surface area contributed by atoms with Gasteiger partial charge >= 0.3 is 0 Å². The number of carbonyl (C=O) groups is 1. The number of rotatable bonds is 9. The summed E-state index contributed by atoms with van der Waals surface area (Å²) in [4.78, 5) is 31.5. The third-order valence-electron chi connectivity index (χ3n) is 7.78. The summed E-state index contributed by atoms with van der Waals surface area (Å²) in [7, 11) is 0. The Balaban J connectivity index is 1.65. The van der Waals surface area contributed by atoms with Crippen molar-refractivity contribution >= 4 is 27.3 Å². The van der Waals surface area contributed by atoms with E-state index in [-0.39, 0.29) is 35.1 Å². The average molecular weight is 654 g/mol. The van der Waals surface area contributed by atoms with Crippen molar-refractivity contribution in [3.8, 4) is 39.5 Å². The van der Waals surface area contributed by atoms with E-state index in [9.17, 15) is 27.9 Å². The fraction of sp³-hybridized carbons (Fsp3) is 0.250. The first kappa shape index (κ1) is 31.2. The SMILES string of the molecule is C=CC(=O)N1CCn2nc(-c3nc(-c4ccc(=O)n(CC(F)F)c4)c4ccsc4c3-c3c(F)cc(F)cc3OCCO)cc2C1C. The number of pyridine rings is 2. The Morgan fingerprint density at radius 3 is 2.72 bits per heavy atom. The van der Waals surface area contributed by atoms with Crippen molar-refractivity contribution in [1.29, 1.82) is 0 Å². The number of aliphatic hydroxyl groups is 1. The fourth-order valence-corrected chi connectivity index (χ4v) is 6.67. The number of amides is 1. The molecule has 14 heteroatoms. The molecule has 1 aliphatic rings. The van der Waals surface area contributed by atoms with Crippen LogP contribution in [0.5, 0.6) is 5.75 Å². The van der Waals surface area contributed by atoms with E-state index in [1.165, 1.54) is 35.7 Å². The number of alkyl halides is 2. The average Bonchev–Trinajstić information content (AvgIpc) is 3.69. The summed E-state index contributed by atoms with van der Waals surface area (Å²) in [5.74, 6) is -2.24. The highest BCUT2D eigenvalue weighted by Crippen LogP contribution is 2.47. The molecule has 0 radical (unpaired) electrons. The lowest BCUT2D eigenvalue weighted by atomic mass is 9.96. The van der Waals surface area contributed by atoms with Crippen LogP contribution in [0.4, 0.5) is 17.6 Å². The number of carbonyl (C=O) groups excluding carboxylic acids is 1. The summed E-state index contributed by atoms with van der Waals surface area (Å²) in [5.41, 5.74) is 1.35. The van der Waals surface area contributed by atoms with Crippen LogP contribution in [-0.4, -0.2) is 61.4 Å². The van der Waals surface area contributed by atoms with Crippen LogP contribution in [0, 0.1) is 11.6 Å². The van der Waals surface area contributed by atoms with Gasteiger partial charge in [0, 0.05) is 52.2 Å². The fourth-order valence-electron chi connectivity index (χ4n) is 5.72. The first-order valence-electron chi connectivity index (χ1n) is 14.3. The molecule has 1 aliphatic heterocycles. The van der Waals surface area contributed by atoms with Gasteiger partial charge < -0.3 is 19.3 Å². The van der Waals surface area contributed by atoms with Crippen molar-refractivity contribution in [2.24, 2.45) is 0 Å². The Morgan fingerprint density at radius 2 is 1.98 bits per heavy atom. The number of aromatic nitrogens is 4. The largest absolute Gasteiger partial charge is 0.490 e. The summed E-state index contributed by atoms with van der Waals surface area (Å²) in [6.07, 6.45) is -0.242. The van der Waals surface area contributed by atoms with Gasteiger partial charge in [-0.15, -0.1) is 11.3 Å². The number of hydrogen-bond donors (Lipinski definition) is 1. The summed E-state index contributed by atoms with van der Waals surface area (Å²) >= 11 is 1.24. The van der Waals surface area contributed by atoms with Crippen LogP contribution < -0.4 is 10.3 Å². The summed E-state index contributed by atoms with van der Waals surface area (Å²) in [6, 6.07) is 7.46. The molecular weight excluding hydrogens is 626 g/mol. The normalized spacial score (nSPS) is 14.6. The van der Waals surface area contributed by atoms with Gasteiger partial charge in [0.05, 0.1) is 42.7 Å². The predicted molar refractivity (Wildman–Crippen MR) is 165 cm³/mol. The Kier molecular flexibility index (Phi) is 8.49. The molecule has 0 fully saturated rings. The van der Waals surface area contributed by atoms with Gasteiger partial charge in [-0.1, -0.05) is 6.58 Å². The second-order valence-corrected chi connectivity index (χ2v) is 11.5. The minimum absolute atomic E-state index is 0.110. The van der Waals surface area contributed by atoms with Gasteiger partial charge in [0.1, 0.15) is 35.4 Å².